The summed E-state index contributed by atoms with van der Waals surface area (Å²) >= 11 is 14.5. The van der Waals surface area contributed by atoms with Crippen molar-refractivity contribution >= 4 is 56.8 Å². The first-order valence-electron chi connectivity index (χ1n) is 6.18. The number of rotatable bonds is 3. The molecule has 0 radical (unpaired) electrons. The molecule has 0 saturated carbocycles. The van der Waals surface area contributed by atoms with Gasteiger partial charge in [0, 0.05) is 15.9 Å². The van der Waals surface area contributed by atoms with Crippen LogP contribution in [0.5, 0.6) is 0 Å². The predicted molar refractivity (Wildman–Crippen MR) is 93.2 cm³/mol. The Morgan fingerprint density at radius 3 is 2.70 bits per heavy atom. The van der Waals surface area contributed by atoms with Crippen LogP contribution in [0.1, 0.15) is 5.82 Å². The van der Waals surface area contributed by atoms with Gasteiger partial charge in [-0.2, -0.15) is 0 Å². The van der Waals surface area contributed by atoms with E-state index in [0.29, 0.717) is 17.3 Å². The van der Waals surface area contributed by atoms with Crippen LogP contribution < -0.4 is 0 Å². The van der Waals surface area contributed by atoms with Gasteiger partial charge in [-0.05, 0) is 52.9 Å². The van der Waals surface area contributed by atoms with Gasteiger partial charge in [0.15, 0.2) is 0 Å². The van der Waals surface area contributed by atoms with E-state index >= 15 is 0 Å². The number of fused-ring (bicyclic) bond motifs is 1. The molecule has 0 unspecified atom stereocenters. The summed E-state index contributed by atoms with van der Waals surface area (Å²) in [6.07, 6.45) is 0.706. The number of nitrogens with zero attached hydrogens (tertiary/aromatic N) is 2. The van der Waals surface area contributed by atoms with Gasteiger partial charge in [0.2, 0.25) is 0 Å². The molecule has 0 amide bonds. The largest absolute Gasteiger partial charge is 0.295 e. The number of benzene rings is 2. The SMILES string of the molecule is ClCCc1nc2cc(I)ccc2n1-c1ccccc1Cl. The summed E-state index contributed by atoms with van der Waals surface area (Å²) in [7, 11) is 0. The molecular formula is C15H11Cl2IN2. The predicted octanol–water partition coefficient (Wildman–Crippen LogP) is 5.06. The number of imidazole rings is 1. The molecule has 0 bridgehead atoms. The third-order valence-electron chi connectivity index (χ3n) is 3.10. The van der Waals surface area contributed by atoms with E-state index in [-0.39, 0.29) is 0 Å². The lowest BCUT2D eigenvalue weighted by molar-refractivity contribution is 0.912. The van der Waals surface area contributed by atoms with Crippen molar-refractivity contribution < 1.29 is 0 Å². The summed E-state index contributed by atoms with van der Waals surface area (Å²) in [5, 5.41) is 0.709. The summed E-state index contributed by atoms with van der Waals surface area (Å²) in [5.74, 6) is 1.47. The van der Waals surface area contributed by atoms with E-state index in [9.17, 15) is 0 Å². The Labute approximate surface area is 140 Å². The Hall–Kier alpha value is -0.780. The van der Waals surface area contributed by atoms with E-state index in [1.165, 1.54) is 0 Å². The van der Waals surface area contributed by atoms with Gasteiger partial charge in [0.25, 0.3) is 0 Å². The van der Waals surface area contributed by atoms with Gasteiger partial charge in [-0.15, -0.1) is 11.6 Å². The van der Waals surface area contributed by atoms with Gasteiger partial charge in [0.05, 0.1) is 21.7 Å². The minimum Gasteiger partial charge on any atom is -0.295 e. The van der Waals surface area contributed by atoms with Gasteiger partial charge in [0.1, 0.15) is 5.82 Å². The molecule has 3 rings (SSSR count). The highest BCUT2D eigenvalue weighted by Crippen LogP contribution is 2.28. The fourth-order valence-electron chi connectivity index (χ4n) is 2.26. The molecule has 2 nitrogen and oxygen atoms in total. The van der Waals surface area contributed by atoms with Crippen molar-refractivity contribution in [3.8, 4) is 5.69 Å². The van der Waals surface area contributed by atoms with E-state index in [0.717, 1.165) is 26.1 Å². The fraction of sp³-hybridized carbons (Fsp3) is 0.133. The van der Waals surface area contributed by atoms with Crippen LogP contribution in [0.25, 0.3) is 16.7 Å². The number of para-hydroxylation sites is 1. The number of halogens is 3. The molecule has 5 heteroatoms. The highest BCUT2D eigenvalue weighted by Gasteiger charge is 2.14. The Kier molecular flexibility index (Phi) is 4.19. The lowest BCUT2D eigenvalue weighted by Gasteiger charge is -2.10. The van der Waals surface area contributed by atoms with E-state index in [4.69, 9.17) is 28.2 Å². The molecule has 0 saturated heterocycles. The highest BCUT2D eigenvalue weighted by molar-refractivity contribution is 14.1. The number of aromatic nitrogens is 2. The number of hydrogen-bond donors (Lipinski definition) is 0. The van der Waals surface area contributed by atoms with E-state index in [1.54, 1.807) is 0 Å². The first-order chi connectivity index (χ1) is 9.70. The molecule has 0 aliphatic carbocycles. The van der Waals surface area contributed by atoms with Crippen LogP contribution in [0, 0.1) is 3.57 Å². The lowest BCUT2D eigenvalue weighted by atomic mass is 10.2. The van der Waals surface area contributed by atoms with Gasteiger partial charge in [-0.1, -0.05) is 23.7 Å². The summed E-state index contributed by atoms with van der Waals surface area (Å²) < 4.78 is 3.26. The number of alkyl halides is 1. The second kappa shape index (κ2) is 5.92. The summed E-state index contributed by atoms with van der Waals surface area (Å²) in [6.45, 7) is 0. The molecular weight excluding hydrogens is 406 g/mol. The van der Waals surface area contributed by atoms with Crippen molar-refractivity contribution in [1.82, 2.24) is 9.55 Å². The summed E-state index contributed by atoms with van der Waals surface area (Å²) in [6, 6.07) is 14.0. The normalized spacial score (nSPS) is 11.2. The van der Waals surface area contributed by atoms with Crippen molar-refractivity contribution in [2.45, 2.75) is 6.42 Å². The van der Waals surface area contributed by atoms with Gasteiger partial charge >= 0.3 is 0 Å². The minimum atomic E-state index is 0.533. The van der Waals surface area contributed by atoms with E-state index < -0.39 is 0 Å². The van der Waals surface area contributed by atoms with Crippen molar-refractivity contribution in [3.63, 3.8) is 0 Å². The Morgan fingerprint density at radius 1 is 1.15 bits per heavy atom. The molecule has 0 aliphatic heterocycles. The average molecular weight is 417 g/mol. The Balaban J connectivity index is 2.32. The highest BCUT2D eigenvalue weighted by atomic mass is 127. The third kappa shape index (κ3) is 2.54. The summed E-state index contributed by atoms with van der Waals surface area (Å²) in [5.41, 5.74) is 2.97. The fourth-order valence-corrected chi connectivity index (χ4v) is 3.12. The average Bonchev–Trinajstić information content (AvgIpc) is 2.77. The molecule has 0 atom stereocenters. The summed E-state index contributed by atoms with van der Waals surface area (Å²) in [4.78, 5) is 4.70. The quantitative estimate of drug-likeness (QED) is 0.430. The van der Waals surface area contributed by atoms with Crippen LogP contribution in [-0.2, 0) is 6.42 Å². The van der Waals surface area contributed by atoms with E-state index in [1.807, 2.05) is 24.3 Å². The zero-order valence-electron chi connectivity index (χ0n) is 10.5. The smallest absolute Gasteiger partial charge is 0.115 e. The van der Waals surface area contributed by atoms with Gasteiger partial charge < -0.3 is 0 Å². The van der Waals surface area contributed by atoms with Crippen LogP contribution >= 0.6 is 45.8 Å². The zero-order valence-corrected chi connectivity index (χ0v) is 14.2. The molecule has 102 valence electrons. The monoisotopic (exact) mass is 416 g/mol. The first-order valence-corrected chi connectivity index (χ1v) is 8.17. The van der Waals surface area contributed by atoms with Crippen LogP contribution in [0.2, 0.25) is 5.02 Å². The van der Waals surface area contributed by atoms with Crippen molar-refractivity contribution in [3.05, 3.63) is 56.9 Å². The zero-order chi connectivity index (χ0) is 14.1. The van der Waals surface area contributed by atoms with Crippen LogP contribution in [0.15, 0.2) is 42.5 Å². The van der Waals surface area contributed by atoms with Gasteiger partial charge in [-0.25, -0.2) is 4.98 Å². The maximum Gasteiger partial charge on any atom is 0.115 e. The van der Waals surface area contributed by atoms with Gasteiger partial charge in [-0.3, -0.25) is 4.57 Å². The molecule has 0 spiro atoms. The van der Waals surface area contributed by atoms with Crippen molar-refractivity contribution in [2.24, 2.45) is 0 Å². The minimum absolute atomic E-state index is 0.533. The molecule has 1 heterocycles. The topological polar surface area (TPSA) is 17.8 Å². The number of hydrogen-bond acceptors (Lipinski definition) is 1. The molecule has 0 N–H and O–H groups in total. The first kappa shape index (κ1) is 14.2. The standard InChI is InChI=1S/C15H11Cl2IN2/c16-8-7-15-19-12-9-10(18)5-6-14(12)20(15)13-4-2-1-3-11(13)17/h1-6,9H,7-8H2. The van der Waals surface area contributed by atoms with Crippen LogP contribution in [0.4, 0.5) is 0 Å². The van der Waals surface area contributed by atoms with Crippen molar-refractivity contribution in [2.75, 3.05) is 5.88 Å². The molecule has 0 aliphatic rings. The molecule has 0 fully saturated rings. The second-order valence-corrected chi connectivity index (χ2v) is 6.42. The molecule has 3 aromatic rings. The van der Waals surface area contributed by atoms with Crippen LogP contribution in [-0.4, -0.2) is 15.4 Å². The maximum atomic E-state index is 6.34. The Morgan fingerprint density at radius 2 is 1.95 bits per heavy atom. The second-order valence-electron chi connectivity index (χ2n) is 4.39. The molecule has 2 aromatic carbocycles. The van der Waals surface area contributed by atoms with Crippen LogP contribution in [0.3, 0.4) is 0 Å². The van der Waals surface area contributed by atoms with Crippen molar-refractivity contribution in [1.29, 1.82) is 0 Å². The number of aryl methyl sites for hydroxylation is 1. The third-order valence-corrected chi connectivity index (χ3v) is 4.28. The maximum absolute atomic E-state index is 6.34. The Bertz CT molecular complexity index is 768. The lowest BCUT2D eigenvalue weighted by Crippen LogP contribution is -2.02. The molecule has 20 heavy (non-hydrogen) atoms. The molecule has 1 aromatic heterocycles. The van der Waals surface area contributed by atoms with E-state index in [2.05, 4.69) is 45.4 Å².